The van der Waals surface area contributed by atoms with Crippen molar-refractivity contribution in [2.75, 3.05) is 60.6 Å². The second-order valence-electron chi connectivity index (χ2n) is 12.6. The zero-order valence-corrected chi connectivity index (χ0v) is 28.3. The van der Waals surface area contributed by atoms with Crippen molar-refractivity contribution >= 4 is 13.6 Å². The summed E-state index contributed by atoms with van der Waals surface area (Å²) in [6, 6.07) is 7.41. The number of phosphoric ester groups is 1. The van der Waals surface area contributed by atoms with Gasteiger partial charge in [-0.25, -0.2) is 4.57 Å². The molecule has 1 aromatic carbocycles. The summed E-state index contributed by atoms with van der Waals surface area (Å²) < 4.78 is 29.7. The third-order valence-electron chi connectivity index (χ3n) is 7.28. The van der Waals surface area contributed by atoms with E-state index in [9.17, 15) is 14.3 Å². The van der Waals surface area contributed by atoms with Crippen LogP contribution in [0.25, 0.3) is 0 Å². The largest absolute Gasteiger partial charge is 0.472 e. The lowest BCUT2D eigenvalue weighted by molar-refractivity contribution is -0.870. The Bertz CT molecular complexity index is 859. The van der Waals surface area contributed by atoms with Gasteiger partial charge < -0.3 is 19.4 Å². The van der Waals surface area contributed by atoms with Crippen molar-refractivity contribution in [3.05, 3.63) is 35.4 Å². The minimum absolute atomic E-state index is 0.0524. The number of ether oxygens (including phenoxy) is 1. The fraction of sp³-hybridized carbons (Fsp3) is 0.788. The van der Waals surface area contributed by atoms with E-state index in [-0.39, 0.29) is 32.1 Å². The SMILES string of the molecule is CCCCCCCCCCCCCCCCOCC(CNCC(=O)c1ccc(C)cc1)OP(=O)(O)OCC[N+](C)(C)C. The van der Waals surface area contributed by atoms with Crippen molar-refractivity contribution < 1.29 is 32.5 Å². The van der Waals surface area contributed by atoms with Gasteiger partial charge >= 0.3 is 7.82 Å². The molecule has 244 valence electrons. The van der Waals surface area contributed by atoms with E-state index in [1.54, 1.807) is 12.1 Å². The van der Waals surface area contributed by atoms with E-state index in [1.165, 1.54) is 77.0 Å². The van der Waals surface area contributed by atoms with Gasteiger partial charge in [0.1, 0.15) is 19.3 Å². The maximum absolute atomic E-state index is 12.6. The van der Waals surface area contributed by atoms with Gasteiger partial charge in [0.25, 0.3) is 0 Å². The number of hydrogen-bond acceptors (Lipinski definition) is 6. The summed E-state index contributed by atoms with van der Waals surface area (Å²) in [5, 5.41) is 3.06. The summed E-state index contributed by atoms with van der Waals surface area (Å²) >= 11 is 0. The molecule has 2 unspecified atom stereocenters. The molecule has 42 heavy (non-hydrogen) atoms. The fourth-order valence-electron chi connectivity index (χ4n) is 4.58. The first-order valence-corrected chi connectivity index (χ1v) is 17.9. The van der Waals surface area contributed by atoms with Crippen LogP contribution in [-0.4, -0.2) is 81.9 Å². The zero-order valence-electron chi connectivity index (χ0n) is 27.4. The number of rotatable bonds is 28. The summed E-state index contributed by atoms with van der Waals surface area (Å²) in [6.45, 7) is 5.91. The first kappa shape index (κ1) is 38.9. The van der Waals surface area contributed by atoms with E-state index in [4.69, 9.17) is 13.8 Å². The van der Waals surface area contributed by atoms with Crippen LogP contribution in [0, 0.1) is 6.92 Å². The number of benzene rings is 1. The molecular weight excluding hydrogens is 551 g/mol. The number of carbonyl (C=O) groups is 1. The van der Waals surface area contributed by atoms with Gasteiger partial charge in [0, 0.05) is 18.7 Å². The highest BCUT2D eigenvalue weighted by atomic mass is 31.2. The zero-order chi connectivity index (χ0) is 31.1. The Balaban J connectivity index is 2.30. The summed E-state index contributed by atoms with van der Waals surface area (Å²) in [7, 11) is 1.68. The Morgan fingerprint density at radius 1 is 0.857 bits per heavy atom. The molecule has 8 nitrogen and oxygen atoms in total. The van der Waals surface area contributed by atoms with Crippen LogP contribution in [0.1, 0.15) is 113 Å². The highest BCUT2D eigenvalue weighted by Crippen LogP contribution is 2.44. The molecule has 0 saturated heterocycles. The van der Waals surface area contributed by atoms with E-state index >= 15 is 0 Å². The maximum atomic E-state index is 12.6. The van der Waals surface area contributed by atoms with Crippen molar-refractivity contribution in [3.8, 4) is 0 Å². The molecule has 0 bridgehead atoms. The topological polar surface area (TPSA) is 94.1 Å². The van der Waals surface area contributed by atoms with Crippen LogP contribution in [0.3, 0.4) is 0 Å². The number of quaternary nitrogens is 1. The van der Waals surface area contributed by atoms with Crippen molar-refractivity contribution in [1.29, 1.82) is 0 Å². The number of Topliss-reactive ketones (excluding diaryl/α,β-unsaturated/α-hetero) is 1. The van der Waals surface area contributed by atoms with Gasteiger partial charge in [-0.3, -0.25) is 13.8 Å². The first-order chi connectivity index (χ1) is 20.0. The van der Waals surface area contributed by atoms with Crippen LogP contribution in [0.5, 0.6) is 0 Å². The number of phosphoric acid groups is 1. The molecule has 0 aliphatic rings. The lowest BCUT2D eigenvalue weighted by Gasteiger charge is -2.25. The van der Waals surface area contributed by atoms with E-state index in [1.807, 2.05) is 40.2 Å². The number of unbranched alkanes of at least 4 members (excludes halogenated alkanes) is 13. The molecule has 0 radical (unpaired) electrons. The molecule has 0 fully saturated rings. The van der Waals surface area contributed by atoms with Crippen molar-refractivity contribution in [3.63, 3.8) is 0 Å². The number of aryl methyl sites for hydroxylation is 1. The van der Waals surface area contributed by atoms with Gasteiger partial charge in [-0.05, 0) is 13.3 Å². The Morgan fingerprint density at radius 3 is 1.90 bits per heavy atom. The van der Waals surface area contributed by atoms with Gasteiger partial charge in [-0.1, -0.05) is 120 Å². The molecule has 0 aromatic heterocycles. The van der Waals surface area contributed by atoms with Gasteiger partial charge in [-0.15, -0.1) is 0 Å². The van der Waals surface area contributed by atoms with Crippen LogP contribution >= 0.6 is 7.82 Å². The van der Waals surface area contributed by atoms with Gasteiger partial charge in [-0.2, -0.15) is 0 Å². The normalized spacial score (nSPS) is 14.1. The summed E-state index contributed by atoms with van der Waals surface area (Å²) in [5.74, 6) is -0.0524. The average Bonchev–Trinajstić information content (AvgIpc) is 2.92. The molecule has 1 rings (SSSR count). The smallest absolute Gasteiger partial charge is 0.379 e. The van der Waals surface area contributed by atoms with Crippen LogP contribution in [-0.2, 0) is 18.3 Å². The van der Waals surface area contributed by atoms with E-state index in [2.05, 4.69) is 12.2 Å². The lowest BCUT2D eigenvalue weighted by Crippen LogP contribution is -2.38. The second kappa shape index (κ2) is 23.3. The molecule has 9 heteroatoms. The lowest BCUT2D eigenvalue weighted by atomic mass is 10.0. The van der Waals surface area contributed by atoms with Gasteiger partial charge in [0.05, 0.1) is 34.3 Å². The van der Waals surface area contributed by atoms with Crippen LogP contribution in [0.15, 0.2) is 24.3 Å². The third-order valence-corrected chi connectivity index (χ3v) is 8.35. The number of carbonyl (C=O) groups excluding carboxylic acids is 1. The molecule has 0 amide bonds. The average molecular weight is 614 g/mol. The highest BCUT2D eigenvalue weighted by Gasteiger charge is 2.28. The van der Waals surface area contributed by atoms with Crippen molar-refractivity contribution in [2.45, 2.75) is 110 Å². The van der Waals surface area contributed by atoms with Crippen LogP contribution in [0.4, 0.5) is 0 Å². The molecule has 1 aromatic rings. The molecule has 0 aliphatic heterocycles. The molecule has 2 atom stereocenters. The Hall–Kier alpha value is -1.12. The Morgan fingerprint density at radius 2 is 1.38 bits per heavy atom. The van der Waals surface area contributed by atoms with E-state index < -0.39 is 13.9 Å². The minimum atomic E-state index is -4.27. The molecule has 2 N–H and O–H groups in total. The third kappa shape index (κ3) is 22.4. The number of likely N-dealkylation sites (N-methyl/N-ethyl adjacent to an activating group) is 1. The van der Waals surface area contributed by atoms with E-state index in [0.717, 1.165) is 18.4 Å². The van der Waals surface area contributed by atoms with Crippen molar-refractivity contribution in [2.24, 2.45) is 0 Å². The Labute approximate surface area is 257 Å². The van der Waals surface area contributed by atoms with Crippen molar-refractivity contribution in [1.82, 2.24) is 5.32 Å². The van der Waals surface area contributed by atoms with Crippen LogP contribution < -0.4 is 5.32 Å². The maximum Gasteiger partial charge on any atom is 0.472 e. The second-order valence-corrected chi connectivity index (χ2v) is 14.0. The quantitative estimate of drug-likeness (QED) is 0.0438. The molecule has 0 saturated carbocycles. The molecule has 0 heterocycles. The standard InChI is InChI=1S/C33H61N2O6P/c1-6-7-8-9-10-11-12-13-14-15-16-17-18-19-25-39-29-32(41-42(37,38)40-26-24-35(3,4)5)27-34-28-33(36)31-22-20-30(2)21-23-31/h20-23,32,34H,6-19,24-29H2,1-5H3/p+1. The highest BCUT2D eigenvalue weighted by molar-refractivity contribution is 7.47. The summed E-state index contributed by atoms with van der Waals surface area (Å²) in [5.41, 5.74) is 1.71. The van der Waals surface area contributed by atoms with Gasteiger partial charge in [0.2, 0.25) is 0 Å². The number of ketones is 1. The molecular formula is C33H62N2O6P+. The predicted octanol–water partition coefficient (Wildman–Crippen LogP) is 7.47. The number of nitrogens with zero attached hydrogens (tertiary/aromatic N) is 1. The number of hydrogen-bond donors (Lipinski definition) is 2. The molecule has 0 aliphatic carbocycles. The summed E-state index contributed by atoms with van der Waals surface area (Å²) in [4.78, 5) is 22.8. The molecule has 0 spiro atoms. The Kier molecular flexibility index (Phi) is 21.6. The minimum Gasteiger partial charge on any atom is -0.379 e. The number of nitrogens with one attached hydrogen (secondary N) is 1. The summed E-state index contributed by atoms with van der Waals surface area (Å²) in [6.07, 6.45) is 17.5. The monoisotopic (exact) mass is 613 g/mol. The predicted molar refractivity (Wildman–Crippen MR) is 173 cm³/mol. The fourth-order valence-corrected chi connectivity index (χ4v) is 5.46. The first-order valence-electron chi connectivity index (χ1n) is 16.4. The van der Waals surface area contributed by atoms with Crippen LogP contribution in [0.2, 0.25) is 0 Å². The van der Waals surface area contributed by atoms with Gasteiger partial charge in [0.15, 0.2) is 5.78 Å². The van der Waals surface area contributed by atoms with E-state index in [0.29, 0.717) is 23.2 Å².